The molecular weight excluding hydrogens is 294 g/mol. The van der Waals surface area contributed by atoms with Gasteiger partial charge in [0.1, 0.15) is 0 Å². The van der Waals surface area contributed by atoms with Crippen molar-refractivity contribution in [2.45, 2.75) is 58.6 Å². The van der Waals surface area contributed by atoms with Crippen molar-refractivity contribution < 1.29 is 19.3 Å². The Labute approximate surface area is 142 Å². The van der Waals surface area contributed by atoms with Gasteiger partial charge in [-0.05, 0) is 25.2 Å². The second-order valence-electron chi connectivity index (χ2n) is 6.83. The fraction of sp³-hybridized carbons (Fsp3) is 1.00. The summed E-state index contributed by atoms with van der Waals surface area (Å²) in [6.07, 6.45) is 2.53. The molecule has 0 aliphatic carbocycles. The maximum atomic E-state index is 11.1. The van der Waals surface area contributed by atoms with E-state index in [0.29, 0.717) is 45.6 Å². The monoisotopic (exact) mass is 331 g/mol. The average Bonchev–Trinajstić information content (AvgIpc) is 2.52. The molecule has 1 N–H and O–H groups in total. The Hall–Kier alpha value is -0.200. The van der Waals surface area contributed by atoms with Gasteiger partial charge in [-0.15, -0.1) is 0 Å². The quantitative estimate of drug-likeness (QED) is 0.809. The molecule has 0 radical (unpaired) electrons. The fourth-order valence-electron chi connectivity index (χ4n) is 3.21. The Morgan fingerprint density at radius 3 is 1.70 bits per heavy atom. The fourth-order valence-corrected chi connectivity index (χ4v) is 3.21. The van der Waals surface area contributed by atoms with E-state index in [0.717, 1.165) is 32.4 Å². The van der Waals surface area contributed by atoms with Crippen LogP contribution in [0.5, 0.6) is 0 Å². The number of ether oxygens (including phenoxy) is 3. The van der Waals surface area contributed by atoms with Crippen molar-refractivity contribution in [3.63, 3.8) is 0 Å². The maximum Gasteiger partial charge on any atom is 0.0797 e. The van der Waals surface area contributed by atoms with Crippen LogP contribution in [-0.4, -0.2) is 74.4 Å². The number of rotatable bonds is 6. The van der Waals surface area contributed by atoms with E-state index in [2.05, 4.69) is 32.6 Å². The molecule has 1 atom stereocenters. The standard InChI is InChI=1S/C18H37NO4/c1-5-18(20,6-2)17(15-16(3)4)19-7-9-21-11-13-23-14-12-22-10-8-19/h16-17,20H,5-15H2,1-4H3/t17-/m0/s1. The molecule has 5 nitrogen and oxygen atoms in total. The van der Waals surface area contributed by atoms with Crippen LogP contribution in [-0.2, 0) is 14.2 Å². The van der Waals surface area contributed by atoms with E-state index in [1.807, 2.05) is 0 Å². The Morgan fingerprint density at radius 2 is 1.30 bits per heavy atom. The second-order valence-corrected chi connectivity index (χ2v) is 6.83. The van der Waals surface area contributed by atoms with Crippen LogP contribution in [0.1, 0.15) is 47.0 Å². The summed E-state index contributed by atoms with van der Waals surface area (Å²) in [7, 11) is 0. The van der Waals surface area contributed by atoms with Crippen molar-refractivity contribution in [2.75, 3.05) is 52.7 Å². The smallest absolute Gasteiger partial charge is 0.0797 e. The molecule has 0 aromatic rings. The minimum atomic E-state index is -0.648. The molecule has 0 unspecified atom stereocenters. The maximum absolute atomic E-state index is 11.1. The summed E-state index contributed by atoms with van der Waals surface area (Å²) in [5.41, 5.74) is -0.648. The lowest BCUT2D eigenvalue weighted by Crippen LogP contribution is -2.54. The molecule has 0 bridgehead atoms. The number of nitrogens with zero attached hydrogens (tertiary/aromatic N) is 1. The van der Waals surface area contributed by atoms with E-state index in [1.54, 1.807) is 0 Å². The van der Waals surface area contributed by atoms with Gasteiger partial charge in [-0.2, -0.15) is 0 Å². The molecule has 5 heteroatoms. The van der Waals surface area contributed by atoms with Crippen LogP contribution in [0.3, 0.4) is 0 Å². The number of hydrogen-bond donors (Lipinski definition) is 1. The largest absolute Gasteiger partial charge is 0.388 e. The first-order valence-electron chi connectivity index (χ1n) is 9.23. The molecule has 0 saturated carbocycles. The minimum absolute atomic E-state index is 0.142. The Kier molecular flexibility index (Phi) is 10.3. The lowest BCUT2D eigenvalue weighted by Gasteiger charge is -2.43. The van der Waals surface area contributed by atoms with Gasteiger partial charge in [0.25, 0.3) is 0 Å². The summed E-state index contributed by atoms with van der Waals surface area (Å²) in [5.74, 6) is 0.543. The van der Waals surface area contributed by atoms with Crippen LogP contribution in [0, 0.1) is 5.92 Å². The van der Waals surface area contributed by atoms with Crippen LogP contribution in [0.2, 0.25) is 0 Å². The van der Waals surface area contributed by atoms with Crippen molar-refractivity contribution in [2.24, 2.45) is 5.92 Å². The highest BCUT2D eigenvalue weighted by atomic mass is 16.5. The normalized spacial score (nSPS) is 21.7. The van der Waals surface area contributed by atoms with Gasteiger partial charge in [-0.25, -0.2) is 0 Å². The van der Waals surface area contributed by atoms with Crippen LogP contribution in [0.25, 0.3) is 0 Å². The molecule has 0 aromatic heterocycles. The van der Waals surface area contributed by atoms with E-state index < -0.39 is 5.60 Å². The highest BCUT2D eigenvalue weighted by Crippen LogP contribution is 2.29. The van der Waals surface area contributed by atoms with Crippen molar-refractivity contribution in [1.82, 2.24) is 4.90 Å². The van der Waals surface area contributed by atoms with Gasteiger partial charge >= 0.3 is 0 Å². The first-order valence-corrected chi connectivity index (χ1v) is 9.23. The molecule has 1 aliphatic rings. The van der Waals surface area contributed by atoms with Crippen LogP contribution >= 0.6 is 0 Å². The van der Waals surface area contributed by atoms with E-state index in [4.69, 9.17) is 14.2 Å². The third-order valence-corrected chi connectivity index (χ3v) is 4.77. The summed E-state index contributed by atoms with van der Waals surface area (Å²) in [5, 5.41) is 11.1. The van der Waals surface area contributed by atoms with Crippen LogP contribution in [0.15, 0.2) is 0 Å². The predicted molar refractivity (Wildman–Crippen MR) is 92.8 cm³/mol. The first kappa shape index (κ1) is 20.8. The van der Waals surface area contributed by atoms with E-state index in [9.17, 15) is 5.11 Å². The van der Waals surface area contributed by atoms with Gasteiger partial charge in [-0.1, -0.05) is 27.7 Å². The summed E-state index contributed by atoms with van der Waals surface area (Å²) < 4.78 is 16.8. The average molecular weight is 331 g/mol. The molecular formula is C18H37NO4. The Bertz CT molecular complexity index is 283. The lowest BCUT2D eigenvalue weighted by molar-refractivity contribution is -0.0790. The van der Waals surface area contributed by atoms with Crippen LogP contribution in [0.4, 0.5) is 0 Å². The number of hydrogen-bond acceptors (Lipinski definition) is 5. The third kappa shape index (κ3) is 7.48. The van der Waals surface area contributed by atoms with Crippen molar-refractivity contribution in [3.8, 4) is 0 Å². The van der Waals surface area contributed by atoms with Gasteiger partial charge < -0.3 is 19.3 Å². The SMILES string of the molecule is CCC(O)(CC)[C@H](CC(C)C)N1CCOCCOCCOCC1. The molecule has 138 valence electrons. The summed E-state index contributed by atoms with van der Waals surface area (Å²) in [4.78, 5) is 2.37. The third-order valence-electron chi connectivity index (χ3n) is 4.77. The zero-order valence-electron chi connectivity index (χ0n) is 15.6. The molecule has 23 heavy (non-hydrogen) atoms. The molecule has 0 spiro atoms. The highest BCUT2D eigenvalue weighted by molar-refractivity contribution is 4.92. The molecule has 0 aromatic carbocycles. The van der Waals surface area contributed by atoms with Gasteiger partial charge in [0, 0.05) is 19.1 Å². The van der Waals surface area contributed by atoms with Crippen molar-refractivity contribution in [3.05, 3.63) is 0 Å². The van der Waals surface area contributed by atoms with Gasteiger partial charge in [0.15, 0.2) is 0 Å². The summed E-state index contributed by atoms with van der Waals surface area (Å²) in [6, 6.07) is 0.142. The van der Waals surface area contributed by atoms with Crippen LogP contribution < -0.4 is 0 Å². The molecule has 1 heterocycles. The van der Waals surface area contributed by atoms with E-state index in [1.165, 1.54) is 0 Å². The predicted octanol–water partition coefficient (Wildman–Crippen LogP) is 2.32. The first-order chi connectivity index (χ1) is 11.0. The lowest BCUT2D eigenvalue weighted by atomic mass is 9.82. The zero-order valence-corrected chi connectivity index (χ0v) is 15.6. The van der Waals surface area contributed by atoms with E-state index in [-0.39, 0.29) is 6.04 Å². The van der Waals surface area contributed by atoms with Gasteiger partial charge in [0.2, 0.25) is 0 Å². The highest BCUT2D eigenvalue weighted by Gasteiger charge is 2.37. The van der Waals surface area contributed by atoms with Gasteiger partial charge in [-0.3, -0.25) is 4.90 Å². The Morgan fingerprint density at radius 1 is 0.870 bits per heavy atom. The molecule has 1 saturated heterocycles. The summed E-state index contributed by atoms with van der Waals surface area (Å²) >= 11 is 0. The Balaban J connectivity index is 2.79. The molecule has 1 rings (SSSR count). The minimum Gasteiger partial charge on any atom is -0.388 e. The second kappa shape index (κ2) is 11.4. The molecule has 0 amide bonds. The molecule has 1 aliphatic heterocycles. The molecule has 1 fully saturated rings. The van der Waals surface area contributed by atoms with Crippen molar-refractivity contribution >= 4 is 0 Å². The number of aliphatic hydroxyl groups is 1. The van der Waals surface area contributed by atoms with Crippen molar-refractivity contribution in [1.29, 1.82) is 0 Å². The summed E-state index contributed by atoms with van der Waals surface area (Å²) in [6.45, 7) is 14.1. The van der Waals surface area contributed by atoms with E-state index >= 15 is 0 Å². The topological polar surface area (TPSA) is 51.2 Å². The van der Waals surface area contributed by atoms with Gasteiger partial charge in [0.05, 0.1) is 45.2 Å². The zero-order chi connectivity index (χ0) is 17.1.